The number of fused-ring (bicyclic) bond motifs is 2. The molecule has 1 aliphatic carbocycles. The topological polar surface area (TPSA) is 174 Å². The van der Waals surface area contributed by atoms with Crippen molar-refractivity contribution in [1.29, 1.82) is 0 Å². The first kappa shape index (κ1) is 39.3. The van der Waals surface area contributed by atoms with Gasteiger partial charge in [0.2, 0.25) is 23.6 Å². The second kappa shape index (κ2) is 15.8. The summed E-state index contributed by atoms with van der Waals surface area (Å²) >= 11 is 0. The lowest BCUT2D eigenvalue weighted by Crippen LogP contribution is -2.56. The van der Waals surface area contributed by atoms with Crippen LogP contribution in [0.4, 0.5) is 10.5 Å². The molecular formula is C48H44N6O7. The Labute approximate surface area is 351 Å². The summed E-state index contributed by atoms with van der Waals surface area (Å²) in [6, 6.07) is 25.6. The summed E-state index contributed by atoms with van der Waals surface area (Å²) in [6.45, 7) is 4.00. The van der Waals surface area contributed by atoms with E-state index in [0.717, 1.165) is 32.5 Å². The molecule has 6 aromatic carbocycles. The van der Waals surface area contributed by atoms with Gasteiger partial charge >= 0.3 is 6.03 Å². The van der Waals surface area contributed by atoms with E-state index in [1.165, 1.54) is 41.2 Å². The van der Waals surface area contributed by atoms with Crippen molar-refractivity contribution in [2.24, 2.45) is 0 Å². The van der Waals surface area contributed by atoms with Crippen LogP contribution in [0.3, 0.4) is 0 Å². The van der Waals surface area contributed by atoms with Crippen molar-refractivity contribution < 1.29 is 33.6 Å². The highest BCUT2D eigenvalue weighted by Gasteiger charge is 2.39. The first-order valence-corrected chi connectivity index (χ1v) is 20.7. The molecule has 0 aromatic heterocycles. The van der Waals surface area contributed by atoms with Crippen LogP contribution in [-0.2, 0) is 25.7 Å². The van der Waals surface area contributed by atoms with E-state index in [9.17, 15) is 33.6 Å². The molecule has 0 saturated carbocycles. The van der Waals surface area contributed by atoms with Crippen molar-refractivity contribution in [2.45, 2.75) is 70.2 Å². The third-order valence-corrected chi connectivity index (χ3v) is 12.4. The van der Waals surface area contributed by atoms with Crippen LogP contribution in [-0.4, -0.2) is 88.3 Å². The highest BCUT2D eigenvalue weighted by Crippen LogP contribution is 2.36. The fourth-order valence-electron chi connectivity index (χ4n) is 9.31. The van der Waals surface area contributed by atoms with Gasteiger partial charge in [-0.2, -0.15) is 0 Å². The number of urea groups is 1. The number of ketones is 2. The summed E-state index contributed by atoms with van der Waals surface area (Å²) in [5.74, 6) is -2.20. The van der Waals surface area contributed by atoms with Crippen LogP contribution in [0.2, 0.25) is 0 Å². The molecule has 61 heavy (non-hydrogen) atoms. The number of nitrogens with zero attached hydrogens (tertiary/aromatic N) is 2. The molecule has 0 bridgehead atoms. The minimum atomic E-state index is -1.03. The summed E-state index contributed by atoms with van der Waals surface area (Å²) in [4.78, 5) is 96.7. The normalized spacial score (nSPS) is 18.2. The van der Waals surface area contributed by atoms with Gasteiger partial charge in [-0.05, 0) is 95.6 Å². The smallest absolute Gasteiger partial charge is 0.316 e. The molecule has 4 N–H and O–H groups in total. The van der Waals surface area contributed by atoms with Crippen LogP contribution in [0.5, 0.6) is 0 Å². The predicted molar refractivity (Wildman–Crippen MR) is 230 cm³/mol. The second-order valence-electron chi connectivity index (χ2n) is 16.2. The Morgan fingerprint density at radius 3 is 1.79 bits per heavy atom. The zero-order chi connectivity index (χ0) is 42.5. The molecule has 6 amide bonds. The Kier molecular flexibility index (Phi) is 10.2. The number of nitrogens with one attached hydrogen (secondary N) is 4. The van der Waals surface area contributed by atoms with Crippen LogP contribution >= 0.6 is 0 Å². The summed E-state index contributed by atoms with van der Waals surface area (Å²) in [5.41, 5.74) is 2.37. The van der Waals surface area contributed by atoms with E-state index < -0.39 is 47.9 Å². The van der Waals surface area contributed by atoms with E-state index in [0.29, 0.717) is 62.1 Å². The van der Waals surface area contributed by atoms with Gasteiger partial charge in [-0.1, -0.05) is 78.9 Å². The molecule has 6 aromatic rings. The summed E-state index contributed by atoms with van der Waals surface area (Å²) < 4.78 is 0. The summed E-state index contributed by atoms with van der Waals surface area (Å²) in [7, 11) is 0. The number of amides is 6. The number of carbonyl (C=O) groups excluding carboxylic acids is 7. The number of carbonyl (C=O) groups is 7. The number of hydrogen-bond acceptors (Lipinski definition) is 7. The van der Waals surface area contributed by atoms with Gasteiger partial charge in [-0.3, -0.25) is 28.8 Å². The van der Waals surface area contributed by atoms with Crippen molar-refractivity contribution in [1.82, 2.24) is 25.8 Å². The minimum absolute atomic E-state index is 0.192. The van der Waals surface area contributed by atoms with E-state index in [-0.39, 0.29) is 28.6 Å². The molecule has 0 radical (unpaired) electrons. The summed E-state index contributed by atoms with van der Waals surface area (Å²) in [5, 5.41) is 18.0. The Bertz CT molecular complexity index is 2800. The summed E-state index contributed by atoms with van der Waals surface area (Å²) in [6.07, 6.45) is 2.08. The standard InChI is InChI=1S/C48H44N6O7/c1-26(46(59)53-22-6-12-38(53)44(57)49-25-31-17-16-30-15-14-28-8-5-9-29-18-20-33(31)41(30)40(28)29)50-48(61)51-27(2)47(60)54-23-7-13-39(54)45(58)52-32-19-21-36-37(24-32)43(56)35-11-4-3-10-34(35)42(36)55/h3-5,8-11,14-21,24,26-27,38-39H,6-7,12-13,22-23,25H2,1-2H3,(H,49,57)(H,52,58)(H2,50,51,61)/t26-,27-,38-,39-/m0/s1. The molecule has 0 spiro atoms. The zero-order valence-corrected chi connectivity index (χ0v) is 33.7. The molecule has 308 valence electrons. The van der Waals surface area contributed by atoms with Crippen LogP contribution in [0, 0.1) is 0 Å². The van der Waals surface area contributed by atoms with E-state index in [1.54, 1.807) is 30.3 Å². The van der Waals surface area contributed by atoms with Crippen molar-refractivity contribution in [2.75, 3.05) is 18.4 Å². The maximum absolute atomic E-state index is 13.7. The fourth-order valence-corrected chi connectivity index (χ4v) is 9.31. The number of anilines is 1. The van der Waals surface area contributed by atoms with Crippen molar-refractivity contribution in [3.05, 3.63) is 125 Å². The molecule has 9 rings (SSSR count). The average Bonchev–Trinajstić information content (AvgIpc) is 3.98. The Balaban J connectivity index is 0.785. The van der Waals surface area contributed by atoms with Gasteiger partial charge in [-0.25, -0.2) is 4.79 Å². The molecule has 2 aliphatic heterocycles. The van der Waals surface area contributed by atoms with Crippen molar-refractivity contribution >= 4 is 79.2 Å². The predicted octanol–water partition coefficient (Wildman–Crippen LogP) is 5.67. The van der Waals surface area contributed by atoms with Gasteiger partial charge in [0.1, 0.15) is 24.2 Å². The second-order valence-corrected chi connectivity index (χ2v) is 16.2. The quantitative estimate of drug-likeness (QED) is 0.136. The number of likely N-dealkylation sites (tertiary alicyclic amines) is 2. The maximum atomic E-state index is 13.7. The van der Waals surface area contributed by atoms with E-state index >= 15 is 0 Å². The molecule has 13 nitrogen and oxygen atoms in total. The van der Waals surface area contributed by atoms with E-state index in [2.05, 4.69) is 63.7 Å². The van der Waals surface area contributed by atoms with Crippen molar-refractivity contribution in [3.63, 3.8) is 0 Å². The van der Waals surface area contributed by atoms with E-state index in [1.807, 2.05) is 12.1 Å². The number of benzene rings is 6. The van der Waals surface area contributed by atoms with Crippen LogP contribution < -0.4 is 21.3 Å². The van der Waals surface area contributed by atoms with Crippen LogP contribution in [0.1, 0.15) is 76.9 Å². The molecule has 4 atom stereocenters. The van der Waals surface area contributed by atoms with E-state index in [4.69, 9.17) is 0 Å². The first-order chi connectivity index (χ1) is 29.5. The number of hydrogen-bond donors (Lipinski definition) is 4. The molecule has 13 heteroatoms. The number of rotatable bonds is 9. The highest BCUT2D eigenvalue weighted by molar-refractivity contribution is 6.29. The van der Waals surface area contributed by atoms with Crippen molar-refractivity contribution in [3.8, 4) is 0 Å². The lowest BCUT2D eigenvalue weighted by Gasteiger charge is -2.29. The van der Waals surface area contributed by atoms with Gasteiger partial charge in [-0.15, -0.1) is 0 Å². The van der Waals surface area contributed by atoms with Crippen LogP contribution in [0.15, 0.2) is 97.1 Å². The fraction of sp³-hybridized carbons (Fsp3) is 0.271. The Morgan fingerprint density at radius 1 is 0.607 bits per heavy atom. The van der Waals surface area contributed by atoms with Gasteiger partial charge in [0.05, 0.1) is 0 Å². The Hall–Kier alpha value is -7.15. The highest BCUT2D eigenvalue weighted by atomic mass is 16.2. The third kappa shape index (κ3) is 7.09. The minimum Gasteiger partial charge on any atom is -0.350 e. The van der Waals surface area contributed by atoms with Gasteiger partial charge in [0.15, 0.2) is 11.6 Å². The molecule has 3 aliphatic rings. The lowest BCUT2D eigenvalue weighted by molar-refractivity contribution is -0.139. The Morgan fingerprint density at radius 2 is 1.15 bits per heavy atom. The van der Waals surface area contributed by atoms with Crippen LogP contribution in [0.25, 0.3) is 32.3 Å². The van der Waals surface area contributed by atoms with Gasteiger partial charge < -0.3 is 31.1 Å². The molecule has 2 fully saturated rings. The monoisotopic (exact) mass is 816 g/mol. The third-order valence-electron chi connectivity index (χ3n) is 12.4. The molecule has 0 unspecified atom stereocenters. The molecule has 2 heterocycles. The molecular weight excluding hydrogens is 773 g/mol. The average molecular weight is 817 g/mol. The van der Waals surface area contributed by atoms with Gasteiger partial charge in [0.25, 0.3) is 0 Å². The first-order valence-electron chi connectivity index (χ1n) is 20.7. The maximum Gasteiger partial charge on any atom is 0.316 e. The SMILES string of the molecule is C[C@H](NC(=O)N[C@@H](C)C(=O)N1CCC[C@H]1C(=O)Nc1ccc2c(c1)C(=O)c1ccccc1C2=O)C(=O)N1CCC[C@H]1C(=O)NCc1ccc2ccc3cccc4ccc1c2c34. The lowest BCUT2D eigenvalue weighted by atomic mass is 9.84. The van der Waals surface area contributed by atoms with Gasteiger partial charge in [0, 0.05) is 47.6 Å². The molecule has 2 saturated heterocycles. The largest absolute Gasteiger partial charge is 0.350 e. The zero-order valence-electron chi connectivity index (χ0n) is 33.7.